The highest BCUT2D eigenvalue weighted by atomic mass is 16.5. The van der Waals surface area contributed by atoms with E-state index in [9.17, 15) is 5.11 Å². The molecule has 2 heteroatoms. The summed E-state index contributed by atoms with van der Waals surface area (Å²) in [6, 6.07) is 0. The summed E-state index contributed by atoms with van der Waals surface area (Å²) in [6.45, 7) is 9.29. The minimum absolute atomic E-state index is 0.287. The highest BCUT2D eigenvalue weighted by molar-refractivity contribution is 4.92. The predicted molar refractivity (Wildman–Crippen MR) is 76.7 cm³/mol. The van der Waals surface area contributed by atoms with Gasteiger partial charge < -0.3 is 9.84 Å². The van der Waals surface area contributed by atoms with E-state index in [1.54, 1.807) is 0 Å². The first-order chi connectivity index (χ1) is 8.63. The maximum absolute atomic E-state index is 10.7. The number of ether oxygens (including phenoxy) is 1. The van der Waals surface area contributed by atoms with Gasteiger partial charge in [-0.3, -0.25) is 0 Å². The molecule has 2 nitrogen and oxygen atoms in total. The van der Waals surface area contributed by atoms with Crippen LogP contribution in [0.3, 0.4) is 0 Å². The molecular formula is C16H32O2. The molecule has 108 valence electrons. The highest BCUT2D eigenvalue weighted by Gasteiger charge is 2.41. The largest absolute Gasteiger partial charge is 0.390 e. The predicted octanol–water partition coefficient (Wildman–Crippen LogP) is 4.16. The Labute approximate surface area is 113 Å². The van der Waals surface area contributed by atoms with Crippen LogP contribution in [0, 0.1) is 11.8 Å². The first-order valence-corrected chi connectivity index (χ1v) is 7.95. The van der Waals surface area contributed by atoms with Crippen molar-refractivity contribution < 1.29 is 9.84 Å². The zero-order chi connectivity index (χ0) is 13.6. The third-order valence-corrected chi connectivity index (χ3v) is 5.08. The lowest BCUT2D eigenvalue weighted by Gasteiger charge is -2.42. The van der Waals surface area contributed by atoms with Crippen LogP contribution < -0.4 is 0 Å². The van der Waals surface area contributed by atoms with E-state index in [2.05, 4.69) is 20.8 Å². The summed E-state index contributed by atoms with van der Waals surface area (Å²) in [7, 11) is 0. The van der Waals surface area contributed by atoms with Gasteiger partial charge in [-0.1, -0.05) is 40.0 Å². The number of rotatable bonds is 7. The quantitative estimate of drug-likeness (QED) is 0.741. The van der Waals surface area contributed by atoms with E-state index < -0.39 is 0 Å². The van der Waals surface area contributed by atoms with Crippen LogP contribution in [0.1, 0.15) is 72.6 Å². The SMILES string of the molecule is CCOC(CC)(CC)C(O)C1CCC(CC)CC1. The zero-order valence-corrected chi connectivity index (χ0v) is 12.7. The molecule has 0 saturated heterocycles. The van der Waals surface area contributed by atoms with Crippen molar-refractivity contribution in [2.45, 2.75) is 84.3 Å². The molecule has 1 unspecified atom stereocenters. The smallest absolute Gasteiger partial charge is 0.0937 e. The first kappa shape index (κ1) is 16.0. The topological polar surface area (TPSA) is 29.5 Å². The number of hydrogen-bond donors (Lipinski definition) is 1. The van der Waals surface area contributed by atoms with Crippen molar-refractivity contribution >= 4 is 0 Å². The van der Waals surface area contributed by atoms with Gasteiger partial charge in [0.15, 0.2) is 0 Å². The van der Waals surface area contributed by atoms with Gasteiger partial charge in [-0.25, -0.2) is 0 Å². The van der Waals surface area contributed by atoms with Crippen LogP contribution in [0.4, 0.5) is 0 Å². The van der Waals surface area contributed by atoms with E-state index in [1.165, 1.54) is 32.1 Å². The van der Waals surface area contributed by atoms with Crippen LogP contribution in [-0.4, -0.2) is 23.4 Å². The summed E-state index contributed by atoms with van der Waals surface area (Å²) >= 11 is 0. The van der Waals surface area contributed by atoms with E-state index >= 15 is 0 Å². The van der Waals surface area contributed by atoms with Crippen LogP contribution in [0.15, 0.2) is 0 Å². The van der Waals surface area contributed by atoms with Crippen molar-refractivity contribution in [3.8, 4) is 0 Å². The van der Waals surface area contributed by atoms with E-state index in [0.29, 0.717) is 12.5 Å². The molecule has 1 N–H and O–H groups in total. The molecule has 1 aliphatic carbocycles. The van der Waals surface area contributed by atoms with Crippen molar-refractivity contribution in [1.82, 2.24) is 0 Å². The average Bonchev–Trinajstić information content (AvgIpc) is 2.44. The van der Waals surface area contributed by atoms with Crippen LogP contribution in [0.2, 0.25) is 0 Å². The van der Waals surface area contributed by atoms with Crippen molar-refractivity contribution in [1.29, 1.82) is 0 Å². The second-order valence-electron chi connectivity index (χ2n) is 5.84. The van der Waals surface area contributed by atoms with Crippen LogP contribution in [0.25, 0.3) is 0 Å². The van der Waals surface area contributed by atoms with Gasteiger partial charge in [-0.15, -0.1) is 0 Å². The summed E-state index contributed by atoms with van der Waals surface area (Å²) in [5.41, 5.74) is -0.307. The van der Waals surface area contributed by atoms with Crippen molar-refractivity contribution in [3.63, 3.8) is 0 Å². The standard InChI is InChI=1S/C16H32O2/c1-5-13-9-11-14(12-10-13)15(17)16(6-2,7-3)18-8-4/h13-15,17H,5-12H2,1-4H3. The molecule has 1 saturated carbocycles. The summed E-state index contributed by atoms with van der Waals surface area (Å²) < 4.78 is 5.95. The molecule has 0 spiro atoms. The molecular weight excluding hydrogens is 224 g/mol. The Hall–Kier alpha value is -0.0800. The second-order valence-corrected chi connectivity index (χ2v) is 5.84. The van der Waals surface area contributed by atoms with Crippen molar-refractivity contribution in [3.05, 3.63) is 0 Å². The maximum Gasteiger partial charge on any atom is 0.0937 e. The third-order valence-electron chi connectivity index (χ3n) is 5.08. The Bertz CT molecular complexity index is 215. The lowest BCUT2D eigenvalue weighted by Crippen LogP contribution is -2.48. The van der Waals surface area contributed by atoms with E-state index in [-0.39, 0.29) is 11.7 Å². The summed E-state index contributed by atoms with van der Waals surface area (Å²) in [4.78, 5) is 0. The Morgan fingerprint density at radius 1 is 1.06 bits per heavy atom. The molecule has 0 heterocycles. The maximum atomic E-state index is 10.7. The molecule has 0 radical (unpaired) electrons. The number of hydrogen-bond acceptors (Lipinski definition) is 2. The normalized spacial score (nSPS) is 27.2. The zero-order valence-electron chi connectivity index (χ0n) is 12.7. The number of aliphatic hydroxyl groups is 1. The summed E-state index contributed by atoms with van der Waals surface area (Å²) in [5, 5.41) is 10.7. The van der Waals surface area contributed by atoms with Gasteiger partial charge in [0.2, 0.25) is 0 Å². The minimum Gasteiger partial charge on any atom is -0.390 e. The average molecular weight is 256 g/mol. The second kappa shape index (κ2) is 7.49. The van der Waals surface area contributed by atoms with Crippen molar-refractivity contribution in [2.75, 3.05) is 6.61 Å². The van der Waals surface area contributed by atoms with Crippen molar-refractivity contribution in [2.24, 2.45) is 11.8 Å². The molecule has 0 aromatic carbocycles. The lowest BCUT2D eigenvalue weighted by molar-refractivity contribution is -0.149. The van der Waals surface area contributed by atoms with Crippen LogP contribution in [0.5, 0.6) is 0 Å². The highest BCUT2D eigenvalue weighted by Crippen LogP contribution is 2.38. The Balaban J connectivity index is 2.63. The summed E-state index contributed by atoms with van der Waals surface area (Å²) in [5.74, 6) is 1.33. The Morgan fingerprint density at radius 2 is 1.61 bits per heavy atom. The third kappa shape index (κ3) is 3.48. The van der Waals surface area contributed by atoms with Gasteiger partial charge in [0, 0.05) is 6.61 Å². The monoisotopic (exact) mass is 256 g/mol. The van der Waals surface area contributed by atoms with Gasteiger partial charge in [0.05, 0.1) is 11.7 Å². The van der Waals surface area contributed by atoms with E-state index in [4.69, 9.17) is 4.74 Å². The molecule has 0 bridgehead atoms. The van der Waals surface area contributed by atoms with E-state index in [1.807, 2.05) is 6.92 Å². The Kier molecular flexibility index (Phi) is 6.65. The molecule has 1 rings (SSSR count). The fourth-order valence-electron chi connectivity index (χ4n) is 3.59. The fraction of sp³-hybridized carbons (Fsp3) is 1.00. The van der Waals surface area contributed by atoms with E-state index in [0.717, 1.165) is 18.8 Å². The lowest BCUT2D eigenvalue weighted by atomic mass is 9.73. The van der Waals surface area contributed by atoms with Gasteiger partial charge in [-0.2, -0.15) is 0 Å². The minimum atomic E-state index is -0.307. The van der Waals surface area contributed by atoms with Crippen LogP contribution in [-0.2, 0) is 4.74 Å². The fourth-order valence-corrected chi connectivity index (χ4v) is 3.59. The van der Waals surface area contributed by atoms with Gasteiger partial charge >= 0.3 is 0 Å². The van der Waals surface area contributed by atoms with Gasteiger partial charge in [0.1, 0.15) is 0 Å². The summed E-state index contributed by atoms with van der Waals surface area (Å²) in [6.07, 6.45) is 7.75. The van der Waals surface area contributed by atoms with Gasteiger partial charge in [-0.05, 0) is 44.4 Å². The molecule has 0 aliphatic heterocycles. The molecule has 1 fully saturated rings. The Morgan fingerprint density at radius 3 is 2.00 bits per heavy atom. The first-order valence-electron chi connectivity index (χ1n) is 7.95. The molecule has 0 amide bonds. The van der Waals surface area contributed by atoms with Crippen LogP contribution >= 0.6 is 0 Å². The number of aliphatic hydroxyl groups excluding tert-OH is 1. The van der Waals surface area contributed by atoms with Gasteiger partial charge in [0.25, 0.3) is 0 Å². The molecule has 18 heavy (non-hydrogen) atoms. The molecule has 1 aliphatic rings. The molecule has 1 atom stereocenters. The molecule has 0 aromatic heterocycles. The molecule has 0 aromatic rings.